The van der Waals surface area contributed by atoms with Gasteiger partial charge in [-0.3, -0.25) is 0 Å². The van der Waals surface area contributed by atoms with E-state index in [2.05, 4.69) is 50.0 Å². The standard InChI is InChI=1S/C13H18N2/c1-9-6-10-7-11(13(2,3)8-14)4-5-12(10)15-9/h4-7,15H,8,14H2,1-3H3. The number of fused-ring (bicyclic) bond motifs is 1. The summed E-state index contributed by atoms with van der Waals surface area (Å²) in [5.74, 6) is 0. The zero-order valence-electron chi connectivity index (χ0n) is 9.59. The number of H-pyrrole nitrogens is 1. The van der Waals surface area contributed by atoms with Gasteiger partial charge in [0.25, 0.3) is 0 Å². The van der Waals surface area contributed by atoms with Crippen LogP contribution in [0.4, 0.5) is 0 Å². The molecule has 0 fully saturated rings. The Labute approximate surface area is 90.5 Å². The highest BCUT2D eigenvalue weighted by Crippen LogP contribution is 2.25. The number of benzene rings is 1. The summed E-state index contributed by atoms with van der Waals surface area (Å²) in [4.78, 5) is 3.32. The number of nitrogens with one attached hydrogen (secondary N) is 1. The second kappa shape index (κ2) is 3.38. The first kappa shape index (κ1) is 10.2. The lowest BCUT2D eigenvalue weighted by Gasteiger charge is -2.22. The van der Waals surface area contributed by atoms with Crippen molar-refractivity contribution in [2.24, 2.45) is 5.73 Å². The molecule has 0 saturated carbocycles. The highest BCUT2D eigenvalue weighted by atomic mass is 14.7. The summed E-state index contributed by atoms with van der Waals surface area (Å²) in [6.07, 6.45) is 0. The van der Waals surface area contributed by atoms with E-state index < -0.39 is 0 Å². The zero-order chi connectivity index (χ0) is 11.1. The molecule has 0 radical (unpaired) electrons. The normalized spacial score (nSPS) is 12.3. The third-order valence-electron chi connectivity index (χ3n) is 3.05. The van der Waals surface area contributed by atoms with Crippen LogP contribution in [0.2, 0.25) is 0 Å². The van der Waals surface area contributed by atoms with Gasteiger partial charge in [0.1, 0.15) is 0 Å². The van der Waals surface area contributed by atoms with Gasteiger partial charge >= 0.3 is 0 Å². The van der Waals surface area contributed by atoms with Gasteiger partial charge in [-0.2, -0.15) is 0 Å². The minimum atomic E-state index is 0.0549. The Balaban J connectivity index is 2.55. The highest BCUT2D eigenvalue weighted by molar-refractivity contribution is 5.81. The number of hydrogen-bond acceptors (Lipinski definition) is 1. The van der Waals surface area contributed by atoms with E-state index in [4.69, 9.17) is 5.73 Å². The smallest absolute Gasteiger partial charge is 0.0456 e. The summed E-state index contributed by atoms with van der Waals surface area (Å²) >= 11 is 0. The van der Waals surface area contributed by atoms with Crippen LogP contribution in [0, 0.1) is 6.92 Å². The second-order valence-corrected chi connectivity index (χ2v) is 4.84. The van der Waals surface area contributed by atoms with Crippen molar-refractivity contribution >= 4 is 10.9 Å². The van der Waals surface area contributed by atoms with Crippen LogP contribution in [0.15, 0.2) is 24.3 Å². The molecule has 15 heavy (non-hydrogen) atoms. The van der Waals surface area contributed by atoms with Gasteiger partial charge in [-0.05, 0) is 36.1 Å². The fourth-order valence-electron chi connectivity index (χ4n) is 1.82. The van der Waals surface area contributed by atoms with Gasteiger partial charge in [-0.25, -0.2) is 0 Å². The number of aryl methyl sites for hydroxylation is 1. The van der Waals surface area contributed by atoms with Crippen molar-refractivity contribution in [3.8, 4) is 0 Å². The lowest BCUT2D eigenvalue weighted by molar-refractivity contribution is 0.540. The number of rotatable bonds is 2. The van der Waals surface area contributed by atoms with Crippen LogP contribution >= 0.6 is 0 Å². The first-order chi connectivity index (χ1) is 7.03. The lowest BCUT2D eigenvalue weighted by atomic mass is 9.84. The summed E-state index contributed by atoms with van der Waals surface area (Å²) in [6, 6.07) is 8.69. The molecule has 1 aromatic carbocycles. The van der Waals surface area contributed by atoms with Crippen molar-refractivity contribution < 1.29 is 0 Å². The van der Waals surface area contributed by atoms with Crippen LogP contribution in [0.3, 0.4) is 0 Å². The number of aromatic nitrogens is 1. The Hall–Kier alpha value is -1.28. The molecule has 0 saturated heterocycles. The Morgan fingerprint density at radius 1 is 1.27 bits per heavy atom. The lowest BCUT2D eigenvalue weighted by Crippen LogP contribution is -2.27. The topological polar surface area (TPSA) is 41.8 Å². The summed E-state index contributed by atoms with van der Waals surface area (Å²) in [5, 5.41) is 1.27. The molecule has 0 amide bonds. The summed E-state index contributed by atoms with van der Waals surface area (Å²) < 4.78 is 0. The van der Waals surface area contributed by atoms with Crippen LogP contribution < -0.4 is 5.73 Å². The fourth-order valence-corrected chi connectivity index (χ4v) is 1.82. The van der Waals surface area contributed by atoms with E-state index in [1.54, 1.807) is 0 Å². The number of nitrogens with two attached hydrogens (primary N) is 1. The van der Waals surface area contributed by atoms with E-state index in [1.807, 2.05) is 0 Å². The Morgan fingerprint density at radius 3 is 2.67 bits per heavy atom. The largest absolute Gasteiger partial charge is 0.359 e. The molecule has 2 rings (SSSR count). The van der Waals surface area contributed by atoms with E-state index in [1.165, 1.54) is 22.2 Å². The Bertz CT molecular complexity index is 480. The molecule has 0 aliphatic heterocycles. The second-order valence-electron chi connectivity index (χ2n) is 4.84. The molecule has 0 atom stereocenters. The van der Waals surface area contributed by atoms with Crippen LogP contribution in [0.1, 0.15) is 25.1 Å². The van der Waals surface area contributed by atoms with Gasteiger partial charge in [0, 0.05) is 23.2 Å². The molecule has 2 aromatic rings. The van der Waals surface area contributed by atoms with Crippen LogP contribution in [-0.2, 0) is 5.41 Å². The molecule has 1 heterocycles. The monoisotopic (exact) mass is 202 g/mol. The van der Waals surface area contributed by atoms with Gasteiger partial charge in [-0.1, -0.05) is 19.9 Å². The minimum Gasteiger partial charge on any atom is -0.359 e. The van der Waals surface area contributed by atoms with Crippen molar-refractivity contribution in [2.45, 2.75) is 26.2 Å². The number of aromatic amines is 1. The summed E-state index contributed by atoms with van der Waals surface area (Å²) in [5.41, 5.74) is 9.54. The SMILES string of the molecule is Cc1cc2cc(C(C)(C)CN)ccc2[nH]1. The number of hydrogen-bond donors (Lipinski definition) is 2. The summed E-state index contributed by atoms with van der Waals surface area (Å²) in [7, 11) is 0. The molecule has 80 valence electrons. The third kappa shape index (κ3) is 1.77. The molecule has 2 nitrogen and oxygen atoms in total. The first-order valence-electron chi connectivity index (χ1n) is 5.33. The van der Waals surface area contributed by atoms with Crippen molar-refractivity contribution in [1.29, 1.82) is 0 Å². The summed E-state index contributed by atoms with van der Waals surface area (Å²) in [6.45, 7) is 7.09. The molecule has 1 aromatic heterocycles. The third-order valence-corrected chi connectivity index (χ3v) is 3.05. The van der Waals surface area contributed by atoms with Gasteiger partial charge < -0.3 is 10.7 Å². The van der Waals surface area contributed by atoms with Crippen LogP contribution in [0.5, 0.6) is 0 Å². The van der Waals surface area contributed by atoms with Crippen molar-refractivity contribution in [1.82, 2.24) is 4.98 Å². The van der Waals surface area contributed by atoms with Gasteiger partial charge in [0.05, 0.1) is 0 Å². The van der Waals surface area contributed by atoms with E-state index >= 15 is 0 Å². The van der Waals surface area contributed by atoms with Crippen molar-refractivity contribution in [2.75, 3.05) is 6.54 Å². The predicted octanol–water partition coefficient (Wildman–Crippen LogP) is 2.71. The van der Waals surface area contributed by atoms with E-state index in [9.17, 15) is 0 Å². The average Bonchev–Trinajstić information content (AvgIpc) is 2.56. The molecular formula is C13H18N2. The molecule has 3 N–H and O–H groups in total. The maximum Gasteiger partial charge on any atom is 0.0456 e. The predicted molar refractivity (Wildman–Crippen MR) is 65.1 cm³/mol. The van der Waals surface area contributed by atoms with E-state index in [-0.39, 0.29) is 5.41 Å². The van der Waals surface area contributed by atoms with Gasteiger partial charge in [0.2, 0.25) is 0 Å². The van der Waals surface area contributed by atoms with Crippen molar-refractivity contribution in [3.63, 3.8) is 0 Å². The molecule has 0 unspecified atom stereocenters. The molecule has 0 bridgehead atoms. The first-order valence-corrected chi connectivity index (χ1v) is 5.33. The van der Waals surface area contributed by atoms with Crippen molar-refractivity contribution in [3.05, 3.63) is 35.5 Å². The molecule has 2 heteroatoms. The molecule has 0 aliphatic carbocycles. The molecule has 0 spiro atoms. The molecular weight excluding hydrogens is 184 g/mol. The van der Waals surface area contributed by atoms with Crippen LogP contribution in [-0.4, -0.2) is 11.5 Å². The van der Waals surface area contributed by atoms with E-state index in [0.29, 0.717) is 6.54 Å². The van der Waals surface area contributed by atoms with Gasteiger partial charge in [0.15, 0.2) is 0 Å². The maximum absolute atomic E-state index is 5.78. The fraction of sp³-hybridized carbons (Fsp3) is 0.385. The Kier molecular flexibility index (Phi) is 2.31. The minimum absolute atomic E-state index is 0.0549. The quantitative estimate of drug-likeness (QED) is 0.772. The zero-order valence-corrected chi connectivity index (χ0v) is 9.59. The Morgan fingerprint density at radius 2 is 2.00 bits per heavy atom. The van der Waals surface area contributed by atoms with E-state index in [0.717, 1.165) is 0 Å². The van der Waals surface area contributed by atoms with Gasteiger partial charge in [-0.15, -0.1) is 0 Å². The highest BCUT2D eigenvalue weighted by Gasteiger charge is 2.18. The van der Waals surface area contributed by atoms with Crippen LogP contribution in [0.25, 0.3) is 10.9 Å². The average molecular weight is 202 g/mol. The maximum atomic E-state index is 5.78. The molecule has 0 aliphatic rings.